The van der Waals surface area contributed by atoms with Gasteiger partial charge < -0.3 is 19.3 Å². The third kappa shape index (κ3) is 5.90. The van der Waals surface area contributed by atoms with E-state index in [1.807, 2.05) is 25.7 Å². The molecule has 1 aliphatic heterocycles. The zero-order chi connectivity index (χ0) is 26.8. The van der Waals surface area contributed by atoms with E-state index in [9.17, 15) is 19.2 Å². The van der Waals surface area contributed by atoms with Gasteiger partial charge in [0, 0.05) is 26.2 Å². The molecule has 2 aromatic rings. The molecule has 1 amide bonds. The third-order valence-electron chi connectivity index (χ3n) is 5.43. The van der Waals surface area contributed by atoms with Crippen molar-refractivity contribution < 1.29 is 19.1 Å². The number of amides is 1. The van der Waals surface area contributed by atoms with Crippen molar-refractivity contribution in [1.82, 2.24) is 24.0 Å². The van der Waals surface area contributed by atoms with Crippen LogP contribution in [-0.4, -0.2) is 67.8 Å². The molecule has 3 heterocycles. The lowest BCUT2D eigenvalue weighted by Gasteiger charge is -2.36. The molecule has 1 fully saturated rings. The number of nitrogens with zero attached hydrogens (tertiary/aromatic N) is 5. The van der Waals surface area contributed by atoms with Crippen LogP contribution in [0, 0.1) is 17.3 Å². The van der Waals surface area contributed by atoms with Crippen molar-refractivity contribution in [2.45, 2.75) is 67.3 Å². The van der Waals surface area contributed by atoms with E-state index in [0.717, 1.165) is 4.57 Å². The smallest absolute Gasteiger partial charge is 0.410 e. The molecule has 1 aliphatic rings. The standard InChI is InChI=1S/C24H34N6O6/c1-8-9-10-29-16-17(30(21(33)26-18(16)31)15-35-19(32)23(2,3)4)25-20(29)27-11-13-28(14-12-27)22(34)36-24(5,6)7/h10-15H2,1-7H3,(H,26,31,33). The molecule has 1 N–H and O–H groups in total. The van der Waals surface area contributed by atoms with Crippen LogP contribution >= 0.6 is 0 Å². The number of aromatic nitrogens is 4. The first-order valence-electron chi connectivity index (χ1n) is 11.8. The van der Waals surface area contributed by atoms with E-state index in [2.05, 4.69) is 21.8 Å². The number of imidazole rings is 1. The SMILES string of the molecule is CC#CCn1c(N2CCN(C(=O)OC(C)(C)C)CC2)nc2c1c(=O)[nH]c(=O)n2COC(=O)C(C)(C)C. The number of fused-ring (bicyclic) bond motifs is 1. The molecule has 12 nitrogen and oxygen atoms in total. The molecular formula is C24H34N6O6. The average Bonchev–Trinajstić information content (AvgIpc) is 3.15. The van der Waals surface area contributed by atoms with Crippen molar-refractivity contribution in [3.63, 3.8) is 0 Å². The predicted molar refractivity (Wildman–Crippen MR) is 134 cm³/mol. The predicted octanol–water partition coefficient (Wildman–Crippen LogP) is 1.51. The van der Waals surface area contributed by atoms with Gasteiger partial charge in [0.25, 0.3) is 5.56 Å². The summed E-state index contributed by atoms with van der Waals surface area (Å²) in [6.07, 6.45) is -0.390. The summed E-state index contributed by atoms with van der Waals surface area (Å²) in [6.45, 7) is 13.7. The first-order valence-corrected chi connectivity index (χ1v) is 11.8. The number of ether oxygens (including phenoxy) is 2. The minimum Gasteiger partial charge on any atom is -0.444 e. The molecule has 2 aromatic heterocycles. The van der Waals surface area contributed by atoms with Crippen LogP contribution in [-0.2, 0) is 27.5 Å². The number of carbonyl (C=O) groups excluding carboxylic acids is 2. The monoisotopic (exact) mass is 502 g/mol. The van der Waals surface area contributed by atoms with Gasteiger partial charge in [-0.15, -0.1) is 5.92 Å². The number of esters is 1. The fraction of sp³-hybridized carbons (Fsp3) is 0.625. The molecule has 0 aromatic carbocycles. The Kier molecular flexibility index (Phi) is 7.52. The van der Waals surface area contributed by atoms with Gasteiger partial charge in [0.05, 0.1) is 12.0 Å². The fourth-order valence-electron chi connectivity index (χ4n) is 3.59. The Bertz CT molecular complexity index is 1320. The van der Waals surface area contributed by atoms with Crippen LogP contribution in [0.15, 0.2) is 9.59 Å². The molecule has 36 heavy (non-hydrogen) atoms. The molecule has 1 saturated heterocycles. The van der Waals surface area contributed by atoms with Crippen molar-refractivity contribution in [3.05, 3.63) is 20.8 Å². The fourth-order valence-corrected chi connectivity index (χ4v) is 3.59. The molecule has 0 atom stereocenters. The van der Waals surface area contributed by atoms with Crippen LogP contribution in [0.1, 0.15) is 48.5 Å². The molecule has 0 aliphatic carbocycles. The second-order valence-electron chi connectivity index (χ2n) is 10.5. The summed E-state index contributed by atoms with van der Waals surface area (Å²) in [7, 11) is 0. The summed E-state index contributed by atoms with van der Waals surface area (Å²) in [5.74, 6) is 5.69. The molecule has 0 spiro atoms. The molecular weight excluding hydrogens is 468 g/mol. The number of H-pyrrole nitrogens is 1. The van der Waals surface area contributed by atoms with Gasteiger partial charge in [-0.3, -0.25) is 19.1 Å². The van der Waals surface area contributed by atoms with Crippen LogP contribution in [0.4, 0.5) is 10.7 Å². The van der Waals surface area contributed by atoms with Gasteiger partial charge in [0.1, 0.15) is 5.60 Å². The minimum atomic E-state index is -0.764. The van der Waals surface area contributed by atoms with Gasteiger partial charge in [-0.2, -0.15) is 4.98 Å². The summed E-state index contributed by atoms with van der Waals surface area (Å²) < 4.78 is 13.5. The third-order valence-corrected chi connectivity index (χ3v) is 5.43. The number of hydrogen-bond acceptors (Lipinski definition) is 8. The largest absolute Gasteiger partial charge is 0.444 e. The molecule has 196 valence electrons. The molecule has 0 radical (unpaired) electrons. The lowest BCUT2D eigenvalue weighted by Crippen LogP contribution is -2.50. The van der Waals surface area contributed by atoms with Crippen LogP contribution in [0.25, 0.3) is 11.2 Å². The van der Waals surface area contributed by atoms with E-state index in [1.165, 1.54) is 0 Å². The number of nitrogens with one attached hydrogen (secondary N) is 1. The highest BCUT2D eigenvalue weighted by Crippen LogP contribution is 2.22. The van der Waals surface area contributed by atoms with Crippen molar-refractivity contribution in [3.8, 4) is 11.8 Å². The van der Waals surface area contributed by atoms with E-state index >= 15 is 0 Å². The number of piperazine rings is 1. The van der Waals surface area contributed by atoms with Crippen molar-refractivity contribution in [2.24, 2.45) is 5.41 Å². The minimum absolute atomic E-state index is 0.0907. The zero-order valence-corrected chi connectivity index (χ0v) is 21.9. The lowest BCUT2D eigenvalue weighted by molar-refractivity contribution is -0.156. The van der Waals surface area contributed by atoms with Crippen molar-refractivity contribution in [2.75, 3.05) is 31.1 Å². The number of aromatic amines is 1. The molecule has 0 unspecified atom stereocenters. The second-order valence-corrected chi connectivity index (χ2v) is 10.5. The van der Waals surface area contributed by atoms with Crippen molar-refractivity contribution >= 4 is 29.2 Å². The Morgan fingerprint density at radius 2 is 1.67 bits per heavy atom. The second kappa shape index (κ2) is 10.1. The van der Waals surface area contributed by atoms with Gasteiger partial charge in [-0.25, -0.2) is 14.2 Å². The molecule has 0 saturated carbocycles. The van der Waals surface area contributed by atoms with Gasteiger partial charge in [-0.05, 0) is 48.5 Å². The highest BCUT2D eigenvalue weighted by atomic mass is 16.6. The van der Waals surface area contributed by atoms with Gasteiger partial charge in [0.2, 0.25) is 5.95 Å². The average molecular weight is 503 g/mol. The van der Waals surface area contributed by atoms with Gasteiger partial charge in [0.15, 0.2) is 17.9 Å². The first-order chi connectivity index (χ1) is 16.7. The Balaban J connectivity index is 1.97. The number of hydrogen-bond donors (Lipinski definition) is 1. The summed E-state index contributed by atoms with van der Waals surface area (Å²) in [5.41, 5.74) is -2.47. The summed E-state index contributed by atoms with van der Waals surface area (Å²) in [4.78, 5) is 60.6. The Morgan fingerprint density at radius 3 is 2.22 bits per heavy atom. The number of rotatable bonds is 4. The zero-order valence-electron chi connectivity index (χ0n) is 21.9. The molecule has 0 bridgehead atoms. The Hall–Kier alpha value is -3.75. The summed E-state index contributed by atoms with van der Waals surface area (Å²) in [5, 5.41) is 0. The summed E-state index contributed by atoms with van der Waals surface area (Å²) in [6, 6.07) is 0. The van der Waals surface area contributed by atoms with E-state index in [1.54, 1.807) is 37.2 Å². The van der Waals surface area contributed by atoms with Crippen LogP contribution in [0.5, 0.6) is 0 Å². The quantitative estimate of drug-likeness (QED) is 0.492. The van der Waals surface area contributed by atoms with Crippen molar-refractivity contribution in [1.29, 1.82) is 0 Å². The van der Waals surface area contributed by atoms with Crippen LogP contribution < -0.4 is 16.1 Å². The maximum Gasteiger partial charge on any atom is 0.410 e. The number of anilines is 1. The lowest BCUT2D eigenvalue weighted by atomic mass is 9.98. The molecule has 3 rings (SSSR count). The van der Waals surface area contributed by atoms with Gasteiger partial charge in [-0.1, -0.05) is 5.92 Å². The van der Waals surface area contributed by atoms with E-state index in [-0.39, 0.29) is 17.7 Å². The van der Waals surface area contributed by atoms with E-state index < -0.39 is 41.1 Å². The molecule has 12 heteroatoms. The van der Waals surface area contributed by atoms with Crippen LogP contribution in [0.3, 0.4) is 0 Å². The van der Waals surface area contributed by atoms with Crippen LogP contribution in [0.2, 0.25) is 0 Å². The maximum absolute atomic E-state index is 12.8. The first kappa shape index (κ1) is 26.8. The normalized spacial score (nSPS) is 14.4. The Morgan fingerprint density at radius 1 is 1.03 bits per heavy atom. The van der Waals surface area contributed by atoms with Gasteiger partial charge >= 0.3 is 17.8 Å². The summed E-state index contributed by atoms with van der Waals surface area (Å²) >= 11 is 0. The Labute approximate surface area is 209 Å². The topological polar surface area (TPSA) is 132 Å². The maximum atomic E-state index is 12.8. The highest BCUT2D eigenvalue weighted by molar-refractivity contribution is 5.76. The highest BCUT2D eigenvalue weighted by Gasteiger charge is 2.30. The van der Waals surface area contributed by atoms with E-state index in [4.69, 9.17) is 9.47 Å². The van der Waals surface area contributed by atoms with E-state index in [0.29, 0.717) is 32.1 Å². The number of carbonyl (C=O) groups is 2.